The molecular weight excluding hydrogens is 358 g/mol. The molecule has 1 saturated heterocycles. The normalized spacial score (nSPS) is 16.3. The van der Waals surface area contributed by atoms with Crippen LogP contribution in [0.1, 0.15) is 34.7 Å². The molecule has 8 heteroatoms. The Morgan fingerprint density at radius 3 is 2.82 bits per heavy atom. The van der Waals surface area contributed by atoms with E-state index in [1.165, 1.54) is 0 Å². The number of rotatable bonds is 5. The van der Waals surface area contributed by atoms with Crippen LogP contribution in [0.2, 0.25) is 0 Å². The number of benzene rings is 1. The summed E-state index contributed by atoms with van der Waals surface area (Å²) in [6.07, 6.45) is 4.56. The van der Waals surface area contributed by atoms with Crippen LogP contribution >= 0.6 is 0 Å². The Labute approximate surface area is 162 Å². The number of hydrogen-bond donors (Lipinski definition) is 1. The van der Waals surface area contributed by atoms with E-state index in [-0.39, 0.29) is 17.5 Å². The molecule has 0 spiro atoms. The molecule has 3 aromatic rings. The van der Waals surface area contributed by atoms with E-state index in [0.717, 1.165) is 17.7 Å². The minimum atomic E-state index is -0.507. The number of aryl methyl sites for hydroxylation is 1. The van der Waals surface area contributed by atoms with E-state index >= 15 is 0 Å². The molecule has 1 aliphatic heterocycles. The van der Waals surface area contributed by atoms with Gasteiger partial charge in [0.2, 0.25) is 5.91 Å². The van der Waals surface area contributed by atoms with E-state index < -0.39 is 6.04 Å². The average molecular weight is 379 g/mol. The summed E-state index contributed by atoms with van der Waals surface area (Å²) >= 11 is 0. The molecule has 1 aliphatic rings. The van der Waals surface area contributed by atoms with Gasteiger partial charge in [0.25, 0.3) is 5.91 Å². The van der Waals surface area contributed by atoms with Crippen molar-refractivity contribution >= 4 is 11.8 Å². The number of carbonyl (C=O) groups excluding carboxylic acids is 2. The van der Waals surface area contributed by atoms with E-state index in [4.69, 9.17) is 4.42 Å². The topological polar surface area (TPSA) is 93.3 Å². The molecular formula is C20H21N5O3. The Hall–Kier alpha value is -3.42. The number of likely N-dealkylation sites (tertiary alicyclic amines) is 1. The molecule has 1 N–H and O–H groups in total. The first-order chi connectivity index (χ1) is 13.6. The number of aromatic nitrogens is 3. The number of hydrogen-bond acceptors (Lipinski definition) is 5. The highest BCUT2D eigenvalue weighted by Crippen LogP contribution is 2.20. The second kappa shape index (κ2) is 7.67. The van der Waals surface area contributed by atoms with Crippen LogP contribution in [-0.2, 0) is 11.3 Å². The molecule has 0 bridgehead atoms. The average Bonchev–Trinajstić information content (AvgIpc) is 3.47. The molecule has 4 rings (SSSR count). The van der Waals surface area contributed by atoms with Gasteiger partial charge >= 0.3 is 0 Å². The number of carbonyl (C=O) groups is 2. The summed E-state index contributed by atoms with van der Waals surface area (Å²) in [4.78, 5) is 27.0. The van der Waals surface area contributed by atoms with Gasteiger partial charge in [-0.05, 0) is 44.0 Å². The Balaban J connectivity index is 1.44. The van der Waals surface area contributed by atoms with Gasteiger partial charge in [-0.3, -0.25) is 9.59 Å². The predicted octanol–water partition coefficient (Wildman–Crippen LogP) is 2.09. The SMILES string of the molecule is Cc1ccc(-n2cc(C(=O)N3CCCC3C(=O)NCc3ccco3)nn2)cc1. The highest BCUT2D eigenvalue weighted by Gasteiger charge is 2.35. The fourth-order valence-corrected chi connectivity index (χ4v) is 3.32. The molecule has 1 fully saturated rings. The summed E-state index contributed by atoms with van der Waals surface area (Å²) in [6, 6.07) is 10.8. The van der Waals surface area contributed by atoms with Crippen LogP contribution in [0.15, 0.2) is 53.3 Å². The lowest BCUT2D eigenvalue weighted by Crippen LogP contribution is -2.45. The predicted molar refractivity (Wildman–Crippen MR) is 101 cm³/mol. The molecule has 3 heterocycles. The van der Waals surface area contributed by atoms with Crippen molar-refractivity contribution in [2.45, 2.75) is 32.4 Å². The fourth-order valence-electron chi connectivity index (χ4n) is 3.32. The largest absolute Gasteiger partial charge is 0.467 e. The van der Waals surface area contributed by atoms with Crippen LogP contribution in [0.4, 0.5) is 0 Å². The molecule has 0 saturated carbocycles. The van der Waals surface area contributed by atoms with Crippen LogP contribution in [0.3, 0.4) is 0 Å². The first-order valence-corrected chi connectivity index (χ1v) is 9.22. The lowest BCUT2D eigenvalue weighted by atomic mass is 10.2. The van der Waals surface area contributed by atoms with Gasteiger partial charge in [0.1, 0.15) is 11.8 Å². The summed E-state index contributed by atoms with van der Waals surface area (Å²) in [6.45, 7) is 2.83. The lowest BCUT2D eigenvalue weighted by molar-refractivity contribution is -0.125. The van der Waals surface area contributed by atoms with E-state index in [1.54, 1.807) is 34.2 Å². The van der Waals surface area contributed by atoms with Crippen molar-refractivity contribution in [3.8, 4) is 5.69 Å². The van der Waals surface area contributed by atoms with Gasteiger partial charge in [0.05, 0.1) is 24.7 Å². The molecule has 1 unspecified atom stereocenters. The van der Waals surface area contributed by atoms with Crippen LogP contribution in [0.25, 0.3) is 5.69 Å². The minimum Gasteiger partial charge on any atom is -0.467 e. The zero-order valence-corrected chi connectivity index (χ0v) is 15.5. The quantitative estimate of drug-likeness (QED) is 0.733. The molecule has 2 amide bonds. The molecule has 144 valence electrons. The van der Waals surface area contributed by atoms with Crippen LogP contribution in [0, 0.1) is 6.92 Å². The number of amides is 2. The van der Waals surface area contributed by atoms with Gasteiger partial charge in [0.15, 0.2) is 5.69 Å². The number of nitrogens with zero attached hydrogens (tertiary/aromatic N) is 4. The summed E-state index contributed by atoms with van der Waals surface area (Å²) < 4.78 is 6.79. The monoisotopic (exact) mass is 379 g/mol. The zero-order valence-electron chi connectivity index (χ0n) is 15.5. The fraction of sp³-hybridized carbons (Fsp3) is 0.300. The van der Waals surface area contributed by atoms with Crippen molar-refractivity contribution in [3.63, 3.8) is 0 Å². The standard InChI is InChI=1S/C20H21N5O3/c1-14-6-8-15(9-7-14)25-13-17(22-23-25)20(27)24-10-2-5-18(24)19(26)21-12-16-4-3-11-28-16/h3-4,6-9,11,13,18H,2,5,10,12H2,1H3,(H,21,26). The van der Waals surface area contributed by atoms with Crippen molar-refractivity contribution in [1.82, 2.24) is 25.2 Å². The van der Waals surface area contributed by atoms with Gasteiger partial charge in [-0.25, -0.2) is 4.68 Å². The molecule has 1 atom stereocenters. The summed E-state index contributed by atoms with van der Waals surface area (Å²) in [7, 11) is 0. The minimum absolute atomic E-state index is 0.187. The second-order valence-corrected chi connectivity index (χ2v) is 6.84. The summed E-state index contributed by atoms with van der Waals surface area (Å²) in [5, 5.41) is 10.9. The lowest BCUT2D eigenvalue weighted by Gasteiger charge is -2.22. The van der Waals surface area contributed by atoms with Crippen LogP contribution < -0.4 is 5.32 Å². The van der Waals surface area contributed by atoms with Gasteiger partial charge < -0.3 is 14.6 Å². The third-order valence-electron chi connectivity index (χ3n) is 4.84. The van der Waals surface area contributed by atoms with Gasteiger partial charge in [-0.2, -0.15) is 0 Å². The first kappa shape index (κ1) is 18.0. The Morgan fingerprint density at radius 2 is 2.07 bits per heavy atom. The van der Waals surface area contributed by atoms with Crippen molar-refractivity contribution in [3.05, 3.63) is 65.9 Å². The van der Waals surface area contributed by atoms with Gasteiger partial charge in [-0.1, -0.05) is 22.9 Å². The van der Waals surface area contributed by atoms with E-state index in [2.05, 4.69) is 15.6 Å². The maximum atomic E-state index is 12.9. The maximum Gasteiger partial charge on any atom is 0.276 e. The zero-order chi connectivity index (χ0) is 19.5. The Kier molecular flexibility index (Phi) is 4.92. The smallest absolute Gasteiger partial charge is 0.276 e. The molecule has 0 aliphatic carbocycles. The van der Waals surface area contributed by atoms with Crippen molar-refractivity contribution in [2.75, 3.05) is 6.54 Å². The molecule has 28 heavy (non-hydrogen) atoms. The Bertz CT molecular complexity index is 962. The molecule has 0 radical (unpaired) electrons. The molecule has 8 nitrogen and oxygen atoms in total. The summed E-state index contributed by atoms with van der Waals surface area (Å²) in [5.74, 6) is 0.201. The Morgan fingerprint density at radius 1 is 1.25 bits per heavy atom. The van der Waals surface area contributed by atoms with E-state index in [1.807, 2.05) is 31.2 Å². The highest BCUT2D eigenvalue weighted by molar-refractivity contribution is 5.96. The van der Waals surface area contributed by atoms with Crippen molar-refractivity contribution < 1.29 is 14.0 Å². The second-order valence-electron chi connectivity index (χ2n) is 6.84. The van der Waals surface area contributed by atoms with Gasteiger partial charge in [-0.15, -0.1) is 5.10 Å². The first-order valence-electron chi connectivity index (χ1n) is 9.22. The summed E-state index contributed by atoms with van der Waals surface area (Å²) in [5.41, 5.74) is 2.19. The maximum absolute atomic E-state index is 12.9. The third-order valence-corrected chi connectivity index (χ3v) is 4.84. The van der Waals surface area contributed by atoms with Crippen molar-refractivity contribution in [1.29, 1.82) is 0 Å². The highest BCUT2D eigenvalue weighted by atomic mass is 16.3. The molecule has 2 aromatic heterocycles. The van der Waals surface area contributed by atoms with Crippen LogP contribution in [-0.4, -0.2) is 44.3 Å². The van der Waals surface area contributed by atoms with Crippen molar-refractivity contribution in [2.24, 2.45) is 0 Å². The van der Waals surface area contributed by atoms with Crippen LogP contribution in [0.5, 0.6) is 0 Å². The number of nitrogens with one attached hydrogen (secondary N) is 1. The van der Waals surface area contributed by atoms with E-state index in [0.29, 0.717) is 25.3 Å². The van der Waals surface area contributed by atoms with Gasteiger partial charge in [0, 0.05) is 6.54 Å². The number of furan rings is 1. The molecule has 1 aromatic carbocycles. The third kappa shape index (κ3) is 3.66. The van der Waals surface area contributed by atoms with E-state index in [9.17, 15) is 9.59 Å².